The maximum Gasteiger partial charge on any atom is 0.325 e. The number of aromatic nitrogens is 4. The zero-order valence-corrected chi connectivity index (χ0v) is 12.6. The summed E-state index contributed by atoms with van der Waals surface area (Å²) in [6.07, 6.45) is 3.63. The largest absolute Gasteiger partial charge is 0.325 e. The van der Waals surface area contributed by atoms with E-state index in [0.29, 0.717) is 23.1 Å². The van der Waals surface area contributed by atoms with Gasteiger partial charge < -0.3 is 4.98 Å². The molecule has 114 valence electrons. The number of hydrogen-bond acceptors (Lipinski definition) is 4. The van der Waals surface area contributed by atoms with Crippen molar-refractivity contribution in [1.29, 1.82) is 0 Å². The maximum atomic E-state index is 11.9. The predicted octanol–water partition coefficient (Wildman–Crippen LogP) is 2.07. The van der Waals surface area contributed by atoms with Gasteiger partial charge in [0.15, 0.2) is 0 Å². The molecule has 2 aromatic heterocycles. The number of nitrogens with one attached hydrogen (secondary N) is 2. The van der Waals surface area contributed by atoms with E-state index in [2.05, 4.69) is 33.7 Å². The van der Waals surface area contributed by atoms with Crippen molar-refractivity contribution in [3.63, 3.8) is 0 Å². The van der Waals surface area contributed by atoms with Crippen molar-refractivity contribution in [1.82, 2.24) is 20.2 Å². The molecule has 3 rings (SSSR count). The standard InChI is InChI=1S/C16H18N4O2/c1-4-9-5-10(9)11-6-13(19-20-14(11)8(2)3)12-7-17-16(22)18-15(12)21/h6-7,9-10H,2,4-5H2,1,3H3,(H2,17,18,21,22)/t9-,10-/m0/s1. The Morgan fingerprint density at radius 3 is 2.77 bits per heavy atom. The number of allylic oxidation sites excluding steroid dienone is 1. The van der Waals surface area contributed by atoms with E-state index in [9.17, 15) is 9.59 Å². The Hall–Kier alpha value is -2.50. The number of hydrogen-bond donors (Lipinski definition) is 2. The molecule has 0 saturated heterocycles. The Kier molecular flexibility index (Phi) is 3.52. The van der Waals surface area contributed by atoms with Crippen LogP contribution in [0.4, 0.5) is 0 Å². The first-order valence-electron chi connectivity index (χ1n) is 7.37. The van der Waals surface area contributed by atoms with Crippen molar-refractivity contribution in [2.24, 2.45) is 5.92 Å². The van der Waals surface area contributed by atoms with E-state index in [1.165, 1.54) is 6.20 Å². The van der Waals surface area contributed by atoms with Crippen molar-refractivity contribution >= 4 is 5.57 Å². The minimum atomic E-state index is -0.534. The first kappa shape index (κ1) is 14.4. The van der Waals surface area contributed by atoms with Crippen LogP contribution in [0.3, 0.4) is 0 Å². The fraction of sp³-hybridized carbons (Fsp3) is 0.375. The minimum Gasteiger partial charge on any atom is -0.313 e. The molecule has 0 unspecified atom stereocenters. The highest BCUT2D eigenvalue weighted by Gasteiger charge is 2.38. The van der Waals surface area contributed by atoms with Gasteiger partial charge in [0.2, 0.25) is 0 Å². The Bertz CT molecular complexity index is 850. The second-order valence-corrected chi connectivity index (χ2v) is 5.81. The maximum absolute atomic E-state index is 11.9. The van der Waals surface area contributed by atoms with Crippen LogP contribution in [0, 0.1) is 5.92 Å². The van der Waals surface area contributed by atoms with Crippen LogP contribution >= 0.6 is 0 Å². The lowest BCUT2D eigenvalue weighted by Crippen LogP contribution is -2.23. The van der Waals surface area contributed by atoms with Crippen molar-refractivity contribution in [3.8, 4) is 11.3 Å². The molecule has 2 N–H and O–H groups in total. The van der Waals surface area contributed by atoms with Gasteiger partial charge in [-0.05, 0) is 42.4 Å². The summed E-state index contributed by atoms with van der Waals surface area (Å²) < 4.78 is 0. The predicted molar refractivity (Wildman–Crippen MR) is 84.6 cm³/mol. The molecular weight excluding hydrogens is 280 g/mol. The molecule has 1 aliphatic rings. The fourth-order valence-electron chi connectivity index (χ4n) is 2.83. The second-order valence-electron chi connectivity index (χ2n) is 5.81. The van der Waals surface area contributed by atoms with Gasteiger partial charge in [-0.1, -0.05) is 19.9 Å². The Morgan fingerprint density at radius 1 is 1.41 bits per heavy atom. The summed E-state index contributed by atoms with van der Waals surface area (Å²) in [5.41, 5.74) is 2.56. The molecule has 1 aliphatic carbocycles. The zero-order chi connectivity index (χ0) is 15.9. The molecule has 0 spiro atoms. The highest BCUT2D eigenvalue weighted by atomic mass is 16.2. The molecule has 0 amide bonds. The van der Waals surface area contributed by atoms with Gasteiger partial charge >= 0.3 is 5.69 Å². The van der Waals surface area contributed by atoms with Crippen molar-refractivity contribution in [2.75, 3.05) is 0 Å². The monoisotopic (exact) mass is 298 g/mol. The van der Waals surface area contributed by atoms with Gasteiger partial charge in [-0.25, -0.2) is 4.79 Å². The average Bonchev–Trinajstić information content (AvgIpc) is 3.26. The molecule has 0 aromatic carbocycles. The van der Waals surface area contributed by atoms with Crippen LogP contribution in [0.2, 0.25) is 0 Å². The summed E-state index contributed by atoms with van der Waals surface area (Å²) >= 11 is 0. The second kappa shape index (κ2) is 5.36. The first-order chi connectivity index (χ1) is 10.5. The fourth-order valence-corrected chi connectivity index (χ4v) is 2.83. The van der Waals surface area contributed by atoms with Gasteiger partial charge in [-0.3, -0.25) is 9.78 Å². The van der Waals surface area contributed by atoms with Crippen molar-refractivity contribution in [3.05, 3.63) is 50.9 Å². The number of rotatable bonds is 4. The summed E-state index contributed by atoms with van der Waals surface area (Å²) in [4.78, 5) is 27.7. The molecule has 2 atom stereocenters. The quantitative estimate of drug-likeness (QED) is 0.904. The molecule has 1 fully saturated rings. The van der Waals surface area contributed by atoms with Crippen LogP contribution in [0.5, 0.6) is 0 Å². The topological polar surface area (TPSA) is 91.5 Å². The van der Waals surface area contributed by atoms with E-state index in [1.807, 2.05) is 13.0 Å². The normalized spacial score (nSPS) is 19.9. The molecule has 6 nitrogen and oxygen atoms in total. The molecule has 0 bridgehead atoms. The summed E-state index contributed by atoms with van der Waals surface area (Å²) in [6, 6.07) is 1.90. The van der Waals surface area contributed by atoms with E-state index in [0.717, 1.165) is 29.7 Å². The highest BCUT2D eigenvalue weighted by molar-refractivity contribution is 5.66. The van der Waals surface area contributed by atoms with Gasteiger partial charge in [0.1, 0.15) is 5.69 Å². The molecule has 0 radical (unpaired) electrons. The Morgan fingerprint density at radius 2 is 2.18 bits per heavy atom. The Labute approximate surface area is 127 Å². The van der Waals surface area contributed by atoms with Crippen LogP contribution < -0.4 is 11.2 Å². The first-order valence-corrected chi connectivity index (χ1v) is 7.37. The van der Waals surface area contributed by atoms with E-state index in [-0.39, 0.29) is 0 Å². The van der Waals surface area contributed by atoms with Crippen molar-refractivity contribution in [2.45, 2.75) is 32.6 Å². The average molecular weight is 298 g/mol. The zero-order valence-electron chi connectivity index (χ0n) is 12.6. The van der Waals surface area contributed by atoms with Crippen LogP contribution in [-0.2, 0) is 0 Å². The molecule has 2 heterocycles. The van der Waals surface area contributed by atoms with Gasteiger partial charge in [0, 0.05) is 6.20 Å². The van der Waals surface area contributed by atoms with Crippen LogP contribution in [0.15, 0.2) is 28.4 Å². The number of nitrogens with zero attached hydrogens (tertiary/aromatic N) is 2. The van der Waals surface area contributed by atoms with Crippen molar-refractivity contribution < 1.29 is 0 Å². The minimum absolute atomic E-state index is 0.315. The van der Waals surface area contributed by atoms with Crippen LogP contribution in [0.1, 0.15) is 43.9 Å². The lowest BCUT2D eigenvalue weighted by molar-refractivity contribution is 0.761. The highest BCUT2D eigenvalue weighted by Crippen LogP contribution is 2.51. The van der Waals surface area contributed by atoms with Gasteiger partial charge in [-0.2, -0.15) is 0 Å². The van der Waals surface area contributed by atoms with Gasteiger partial charge in [0.25, 0.3) is 5.56 Å². The Balaban J connectivity index is 2.11. The lowest BCUT2D eigenvalue weighted by Gasteiger charge is -2.09. The summed E-state index contributed by atoms with van der Waals surface area (Å²) in [7, 11) is 0. The number of H-pyrrole nitrogens is 2. The number of aromatic amines is 2. The summed E-state index contributed by atoms with van der Waals surface area (Å²) in [6.45, 7) is 8.04. The van der Waals surface area contributed by atoms with Gasteiger partial charge in [-0.15, -0.1) is 10.2 Å². The van der Waals surface area contributed by atoms with E-state index in [4.69, 9.17) is 0 Å². The SMILES string of the molecule is C=C(C)c1nnc(-c2c[nH]c(=O)[nH]c2=O)cc1[C@H]1C[C@@H]1CC. The van der Waals surface area contributed by atoms with Crippen LogP contribution in [-0.4, -0.2) is 20.2 Å². The molecule has 2 aromatic rings. The van der Waals surface area contributed by atoms with Gasteiger partial charge in [0.05, 0.1) is 11.3 Å². The molecule has 0 aliphatic heterocycles. The third kappa shape index (κ3) is 2.52. The van der Waals surface area contributed by atoms with Crippen LogP contribution in [0.25, 0.3) is 16.8 Å². The molecule has 22 heavy (non-hydrogen) atoms. The lowest BCUT2D eigenvalue weighted by atomic mass is 10.0. The van der Waals surface area contributed by atoms with E-state index in [1.54, 1.807) is 0 Å². The third-order valence-corrected chi connectivity index (χ3v) is 4.17. The van der Waals surface area contributed by atoms with E-state index < -0.39 is 11.2 Å². The molecule has 6 heteroatoms. The van der Waals surface area contributed by atoms with E-state index >= 15 is 0 Å². The summed E-state index contributed by atoms with van der Waals surface area (Å²) in [5.74, 6) is 1.11. The smallest absolute Gasteiger partial charge is 0.313 e. The molecule has 1 saturated carbocycles. The third-order valence-electron chi connectivity index (χ3n) is 4.17. The molecular formula is C16H18N4O2. The summed E-state index contributed by atoms with van der Waals surface area (Å²) in [5, 5.41) is 8.38.